The Morgan fingerprint density at radius 3 is 1.16 bits per heavy atom. The molecule has 0 radical (unpaired) electrons. The average molecular weight is 1310 g/mol. The van der Waals surface area contributed by atoms with Crippen molar-refractivity contribution < 1.29 is 40.1 Å². The SMILES string of the molecule is CCC(C)(NCC(O)COc1ccc(C2(c3ccc(OCC(O)CNc4cc(C5(c6ccc(O)c(C(C)N)c6)c6ccccc6-c6ccccc65)ccc4O)cc3)c3ccccc3-c3ccccc32)cc1)c1cc(C2(c3ccc(O)c(N)c3)c3ccccc3-c3ccccc32)ccc1O. The van der Waals surface area contributed by atoms with Gasteiger partial charge >= 0.3 is 0 Å². The zero-order chi connectivity index (χ0) is 68.4. The number of benzene rings is 12. The molecule has 12 N–H and O–H groups in total. The first kappa shape index (κ1) is 63.9. The van der Waals surface area contributed by atoms with Crippen molar-refractivity contribution in [2.75, 3.05) is 37.4 Å². The highest BCUT2D eigenvalue weighted by Gasteiger charge is 2.50. The molecule has 3 aliphatic carbocycles. The number of ether oxygens (including phenoxy) is 2. The summed E-state index contributed by atoms with van der Waals surface area (Å²) in [6.07, 6.45) is -1.32. The maximum atomic E-state index is 11.8. The van der Waals surface area contributed by atoms with Crippen LogP contribution in [-0.4, -0.2) is 69.2 Å². The number of nitrogen functional groups attached to an aromatic ring is 1. The summed E-state index contributed by atoms with van der Waals surface area (Å²) in [4.78, 5) is 0. The van der Waals surface area contributed by atoms with Gasteiger partial charge in [-0.05, 0) is 193 Å². The highest BCUT2D eigenvalue weighted by Crippen LogP contribution is 2.60. The maximum Gasteiger partial charge on any atom is 0.138 e. The number of nitrogens with one attached hydrogen (secondary N) is 2. The third-order valence-electron chi connectivity index (χ3n) is 21.1. The van der Waals surface area contributed by atoms with Gasteiger partial charge in [0.1, 0.15) is 59.9 Å². The Balaban J connectivity index is 0.649. The Kier molecular flexibility index (Phi) is 16.4. The second-order valence-corrected chi connectivity index (χ2v) is 26.7. The highest BCUT2D eigenvalue weighted by atomic mass is 16.5. The van der Waals surface area contributed by atoms with Gasteiger partial charge in [0.2, 0.25) is 0 Å². The number of nitrogens with two attached hydrogens (primary N) is 2. The van der Waals surface area contributed by atoms with Crippen LogP contribution in [0.3, 0.4) is 0 Å². The largest absolute Gasteiger partial charge is 0.508 e. The van der Waals surface area contributed by atoms with Gasteiger partial charge in [0.25, 0.3) is 0 Å². The summed E-state index contributed by atoms with van der Waals surface area (Å²) in [6.45, 7) is 6.16. The monoisotopic (exact) mass is 1310 g/mol. The molecule has 0 amide bonds. The lowest BCUT2D eigenvalue weighted by molar-refractivity contribution is 0.0966. The van der Waals surface area contributed by atoms with E-state index >= 15 is 0 Å². The Bertz CT molecular complexity index is 4910. The number of aliphatic hydroxyl groups is 2. The van der Waals surface area contributed by atoms with Crippen LogP contribution in [0.25, 0.3) is 33.4 Å². The van der Waals surface area contributed by atoms with Gasteiger partial charge in [0.15, 0.2) is 0 Å². The third kappa shape index (κ3) is 10.4. The van der Waals surface area contributed by atoms with Crippen molar-refractivity contribution in [2.24, 2.45) is 5.73 Å². The molecule has 99 heavy (non-hydrogen) atoms. The minimum Gasteiger partial charge on any atom is -0.508 e. The molecule has 12 aromatic carbocycles. The van der Waals surface area contributed by atoms with E-state index in [1.165, 1.54) is 0 Å². The molecule has 12 heteroatoms. The molecule has 494 valence electrons. The van der Waals surface area contributed by atoms with Gasteiger partial charge in [-0.3, -0.25) is 0 Å². The fraction of sp³-hybridized carbons (Fsp3) is 0.172. The van der Waals surface area contributed by atoms with Gasteiger partial charge in [-0.15, -0.1) is 0 Å². The molecule has 15 rings (SSSR count). The Labute approximate surface area is 576 Å². The second kappa shape index (κ2) is 25.4. The number of rotatable bonds is 21. The zero-order valence-corrected chi connectivity index (χ0v) is 55.3. The van der Waals surface area contributed by atoms with E-state index in [4.69, 9.17) is 20.9 Å². The number of phenolic OH excluding ortho intramolecular Hbond substituents is 4. The van der Waals surface area contributed by atoms with E-state index < -0.39 is 40.0 Å². The van der Waals surface area contributed by atoms with E-state index in [1.54, 1.807) is 24.3 Å². The minimum absolute atomic E-state index is 0.000490. The van der Waals surface area contributed by atoms with E-state index in [2.05, 4.69) is 145 Å². The lowest BCUT2D eigenvalue weighted by Gasteiger charge is -2.37. The molecule has 4 atom stereocenters. The number of aliphatic hydroxyl groups excluding tert-OH is 2. The van der Waals surface area contributed by atoms with Crippen molar-refractivity contribution in [1.29, 1.82) is 0 Å². The van der Waals surface area contributed by atoms with Crippen molar-refractivity contribution in [3.8, 4) is 67.9 Å². The number of aromatic hydroxyl groups is 4. The summed E-state index contributed by atoms with van der Waals surface area (Å²) in [7, 11) is 0. The predicted molar refractivity (Wildman–Crippen MR) is 392 cm³/mol. The summed E-state index contributed by atoms with van der Waals surface area (Å²) < 4.78 is 12.7. The molecule has 0 bridgehead atoms. The van der Waals surface area contributed by atoms with Crippen LogP contribution in [0, 0.1) is 0 Å². The number of fused-ring (bicyclic) bond motifs is 9. The summed E-state index contributed by atoms with van der Waals surface area (Å²) in [5.41, 5.74) is 30.5. The molecule has 0 aliphatic heterocycles. The Hall–Kier alpha value is -11.1. The smallest absolute Gasteiger partial charge is 0.138 e. The average Bonchev–Trinajstić information content (AvgIpc) is 1.58. The fourth-order valence-corrected chi connectivity index (χ4v) is 16.2. The summed E-state index contributed by atoms with van der Waals surface area (Å²) in [5, 5.41) is 75.1. The first-order chi connectivity index (χ1) is 48.1. The van der Waals surface area contributed by atoms with Crippen LogP contribution < -0.4 is 31.6 Å². The molecular formula is C87H78N4O8. The highest BCUT2D eigenvalue weighted by molar-refractivity contribution is 5.90. The molecule has 0 fully saturated rings. The van der Waals surface area contributed by atoms with E-state index in [0.717, 1.165) is 100 Å². The molecule has 0 heterocycles. The molecule has 0 saturated heterocycles. The fourth-order valence-electron chi connectivity index (χ4n) is 16.2. The van der Waals surface area contributed by atoms with Crippen molar-refractivity contribution >= 4 is 11.4 Å². The van der Waals surface area contributed by atoms with Crippen LogP contribution in [-0.2, 0) is 21.8 Å². The Morgan fingerprint density at radius 2 is 0.747 bits per heavy atom. The minimum atomic E-state index is -0.971. The molecule has 4 unspecified atom stereocenters. The van der Waals surface area contributed by atoms with Gasteiger partial charge in [-0.2, -0.15) is 0 Å². The third-order valence-corrected chi connectivity index (χ3v) is 21.1. The van der Waals surface area contributed by atoms with Crippen LogP contribution in [0.15, 0.2) is 267 Å². The maximum absolute atomic E-state index is 11.8. The quantitative estimate of drug-likeness (QED) is 0.0240. The standard InChI is InChI=1S/C87H78N4O8/c1-4-84(3,77-46-57(34-42-81(77)95)87(58-35-43-82(96)78(89)47-58)75-27-15-9-21-68(75)69-22-10-16-28-76(69)87)91-50-61(93)52-99-63-39-31-55(32-40-63)85(71-23-11-5-17-64(71)65-18-6-12-24-72(65)85)54-29-37-62(38-30-54)98-51-60(92)49-90-79-48-59(36-44-83(79)97)86(56-33-41-80(94)70(45-56)53(2)88)73-25-13-7-19-66(73)67-20-8-14-26-74(67)86/h5-48,53,60-61,90-97H,4,49-52,88-89H2,1-3H3. The molecular weight excluding hydrogens is 1230 g/mol. The van der Waals surface area contributed by atoms with Crippen LogP contribution in [0.2, 0.25) is 0 Å². The molecule has 0 aromatic heterocycles. The lowest BCUT2D eigenvalue weighted by Crippen LogP contribution is -2.44. The summed E-state index contributed by atoms with van der Waals surface area (Å²) in [5.74, 6) is 1.44. The van der Waals surface area contributed by atoms with E-state index in [0.29, 0.717) is 34.7 Å². The number of hydrogen-bond acceptors (Lipinski definition) is 12. The van der Waals surface area contributed by atoms with Crippen molar-refractivity contribution in [1.82, 2.24) is 5.32 Å². The van der Waals surface area contributed by atoms with Gasteiger partial charge in [-0.25, -0.2) is 0 Å². The number of phenols is 4. The molecule has 12 nitrogen and oxygen atoms in total. The lowest BCUT2D eigenvalue weighted by atomic mass is 9.66. The number of hydrogen-bond donors (Lipinski definition) is 10. The second-order valence-electron chi connectivity index (χ2n) is 26.7. The molecule has 3 aliphatic rings. The molecule has 12 aromatic rings. The topological polar surface area (TPSA) is 216 Å². The summed E-state index contributed by atoms with van der Waals surface area (Å²) in [6, 6.07) is 88.6. The van der Waals surface area contributed by atoms with Crippen LogP contribution >= 0.6 is 0 Å². The molecule has 0 spiro atoms. The van der Waals surface area contributed by atoms with Crippen LogP contribution in [0.1, 0.15) is 111 Å². The number of anilines is 2. The van der Waals surface area contributed by atoms with E-state index in [1.807, 2.05) is 129 Å². The van der Waals surface area contributed by atoms with Crippen molar-refractivity contribution in [2.45, 2.75) is 67.2 Å². The van der Waals surface area contributed by atoms with Gasteiger partial charge in [0.05, 0.1) is 27.6 Å². The van der Waals surface area contributed by atoms with Crippen LogP contribution in [0.4, 0.5) is 11.4 Å². The predicted octanol–water partition coefficient (Wildman–Crippen LogP) is 15.7. The van der Waals surface area contributed by atoms with Gasteiger partial charge < -0.3 is 62.2 Å². The molecule has 0 saturated carbocycles. The van der Waals surface area contributed by atoms with E-state index in [9.17, 15) is 30.6 Å². The Morgan fingerprint density at radius 1 is 0.404 bits per heavy atom. The van der Waals surface area contributed by atoms with E-state index in [-0.39, 0.29) is 55.0 Å². The normalized spacial score (nSPS) is 15.4. The van der Waals surface area contributed by atoms with Crippen molar-refractivity contribution in [3.05, 3.63) is 345 Å². The van der Waals surface area contributed by atoms with Gasteiger partial charge in [-0.1, -0.05) is 201 Å². The first-order valence-corrected chi connectivity index (χ1v) is 33.8. The zero-order valence-electron chi connectivity index (χ0n) is 55.3. The van der Waals surface area contributed by atoms with Crippen molar-refractivity contribution in [3.63, 3.8) is 0 Å². The first-order valence-electron chi connectivity index (χ1n) is 33.8. The van der Waals surface area contributed by atoms with Crippen LogP contribution in [0.5, 0.6) is 34.5 Å². The van der Waals surface area contributed by atoms with Gasteiger partial charge in [0, 0.05) is 35.8 Å². The summed E-state index contributed by atoms with van der Waals surface area (Å²) >= 11 is 0.